The molecule has 0 unspecified atom stereocenters. The summed E-state index contributed by atoms with van der Waals surface area (Å²) in [6, 6.07) is 3.18. The SMILES string of the molecule is C[C@@H]1CN(c2nccnc2C#N)CCN1[C@@H]1C=CCCC1. The van der Waals surface area contributed by atoms with Gasteiger partial charge in [0, 0.05) is 44.1 Å². The molecule has 0 amide bonds. The van der Waals surface area contributed by atoms with Crippen molar-refractivity contribution in [3.05, 3.63) is 30.2 Å². The van der Waals surface area contributed by atoms with Crippen molar-refractivity contribution in [2.75, 3.05) is 24.5 Å². The van der Waals surface area contributed by atoms with Gasteiger partial charge in [0.25, 0.3) is 0 Å². The summed E-state index contributed by atoms with van der Waals surface area (Å²) in [6.07, 6.45) is 11.7. The highest BCUT2D eigenvalue weighted by atomic mass is 15.3. The standard InChI is InChI=1S/C16H21N5/c1-13-12-20(16-15(11-17)18-7-8-19-16)9-10-21(13)14-5-3-2-4-6-14/h3,5,7-8,13-14H,2,4,6,9-10,12H2,1H3/t13-,14-/m1/s1. The van der Waals surface area contributed by atoms with Gasteiger partial charge in [-0.25, -0.2) is 9.97 Å². The van der Waals surface area contributed by atoms with Gasteiger partial charge in [0.15, 0.2) is 11.5 Å². The Morgan fingerprint density at radius 2 is 2.14 bits per heavy atom. The van der Waals surface area contributed by atoms with E-state index in [9.17, 15) is 5.26 Å². The van der Waals surface area contributed by atoms with Gasteiger partial charge in [0.2, 0.25) is 0 Å². The second kappa shape index (κ2) is 6.23. The molecule has 1 saturated heterocycles. The number of hydrogen-bond acceptors (Lipinski definition) is 5. The van der Waals surface area contributed by atoms with Crippen LogP contribution < -0.4 is 4.90 Å². The minimum Gasteiger partial charge on any atom is -0.351 e. The van der Waals surface area contributed by atoms with E-state index in [1.807, 2.05) is 0 Å². The molecule has 1 aliphatic heterocycles. The quantitative estimate of drug-likeness (QED) is 0.777. The monoisotopic (exact) mass is 283 g/mol. The molecule has 110 valence electrons. The number of rotatable bonds is 2. The molecule has 3 rings (SSSR count). The number of hydrogen-bond donors (Lipinski definition) is 0. The molecule has 1 aromatic heterocycles. The van der Waals surface area contributed by atoms with Gasteiger partial charge in [-0.15, -0.1) is 0 Å². The molecule has 1 aromatic rings. The third-order valence-corrected chi connectivity index (χ3v) is 4.42. The molecule has 2 heterocycles. The highest BCUT2D eigenvalue weighted by Crippen LogP contribution is 2.24. The number of nitriles is 1. The molecule has 0 radical (unpaired) electrons. The summed E-state index contributed by atoms with van der Waals surface area (Å²) in [7, 11) is 0. The molecule has 0 spiro atoms. The normalized spacial score (nSPS) is 26.6. The number of aromatic nitrogens is 2. The molecule has 0 saturated carbocycles. The molecular weight excluding hydrogens is 262 g/mol. The first-order valence-corrected chi connectivity index (χ1v) is 7.68. The van der Waals surface area contributed by atoms with Crippen molar-refractivity contribution in [2.45, 2.75) is 38.3 Å². The second-order valence-electron chi connectivity index (χ2n) is 5.80. The van der Waals surface area contributed by atoms with Gasteiger partial charge in [-0.2, -0.15) is 5.26 Å². The smallest absolute Gasteiger partial charge is 0.183 e. The van der Waals surface area contributed by atoms with E-state index in [-0.39, 0.29) is 0 Å². The van der Waals surface area contributed by atoms with E-state index >= 15 is 0 Å². The highest BCUT2D eigenvalue weighted by Gasteiger charge is 2.30. The number of allylic oxidation sites excluding steroid dienone is 1. The van der Waals surface area contributed by atoms with Gasteiger partial charge >= 0.3 is 0 Å². The topological polar surface area (TPSA) is 56.1 Å². The van der Waals surface area contributed by atoms with Crippen molar-refractivity contribution < 1.29 is 0 Å². The van der Waals surface area contributed by atoms with Crippen LogP contribution in [0.25, 0.3) is 0 Å². The summed E-state index contributed by atoms with van der Waals surface area (Å²) in [5.74, 6) is 0.727. The Balaban J connectivity index is 1.72. The predicted octanol–water partition coefficient (Wildman–Crippen LogP) is 1.97. The lowest BCUT2D eigenvalue weighted by atomic mass is 9.99. The van der Waals surface area contributed by atoms with E-state index in [0.717, 1.165) is 25.5 Å². The summed E-state index contributed by atoms with van der Waals surface area (Å²) in [4.78, 5) is 13.2. The molecule has 1 fully saturated rings. The summed E-state index contributed by atoms with van der Waals surface area (Å²) in [5.41, 5.74) is 0.427. The number of piperazine rings is 1. The maximum atomic E-state index is 9.17. The van der Waals surface area contributed by atoms with Crippen LogP contribution in [-0.4, -0.2) is 46.6 Å². The second-order valence-corrected chi connectivity index (χ2v) is 5.80. The maximum absolute atomic E-state index is 9.17. The van der Waals surface area contributed by atoms with Crippen molar-refractivity contribution in [3.63, 3.8) is 0 Å². The molecule has 5 heteroatoms. The van der Waals surface area contributed by atoms with Crippen LogP contribution in [0.15, 0.2) is 24.5 Å². The van der Waals surface area contributed by atoms with Crippen LogP contribution in [0.4, 0.5) is 5.82 Å². The zero-order valence-corrected chi connectivity index (χ0v) is 12.4. The maximum Gasteiger partial charge on any atom is 0.183 e. The Bertz CT molecular complexity index is 562. The zero-order valence-electron chi connectivity index (χ0n) is 12.4. The van der Waals surface area contributed by atoms with Gasteiger partial charge < -0.3 is 4.90 Å². The molecule has 2 aliphatic rings. The van der Waals surface area contributed by atoms with Crippen molar-refractivity contribution in [1.29, 1.82) is 5.26 Å². The summed E-state index contributed by atoms with van der Waals surface area (Å²) < 4.78 is 0. The first kappa shape index (κ1) is 14.0. The summed E-state index contributed by atoms with van der Waals surface area (Å²) >= 11 is 0. The van der Waals surface area contributed by atoms with E-state index in [1.54, 1.807) is 12.4 Å². The fourth-order valence-corrected chi connectivity index (χ4v) is 3.37. The van der Waals surface area contributed by atoms with Crippen LogP contribution in [0, 0.1) is 11.3 Å². The zero-order chi connectivity index (χ0) is 14.7. The van der Waals surface area contributed by atoms with E-state index in [0.29, 0.717) is 17.8 Å². The van der Waals surface area contributed by atoms with Crippen LogP contribution in [0.2, 0.25) is 0 Å². The molecule has 5 nitrogen and oxygen atoms in total. The fourth-order valence-electron chi connectivity index (χ4n) is 3.37. The van der Waals surface area contributed by atoms with E-state index < -0.39 is 0 Å². The first-order valence-electron chi connectivity index (χ1n) is 7.68. The van der Waals surface area contributed by atoms with E-state index in [1.165, 1.54) is 19.3 Å². The van der Waals surface area contributed by atoms with Gasteiger partial charge in [-0.3, -0.25) is 4.90 Å². The molecule has 2 atom stereocenters. The first-order chi connectivity index (χ1) is 10.3. The van der Waals surface area contributed by atoms with Crippen LogP contribution >= 0.6 is 0 Å². The lowest BCUT2D eigenvalue weighted by molar-refractivity contribution is 0.143. The molecule has 0 N–H and O–H groups in total. The van der Waals surface area contributed by atoms with Gasteiger partial charge in [-0.05, 0) is 26.2 Å². The fraction of sp³-hybridized carbons (Fsp3) is 0.562. The van der Waals surface area contributed by atoms with Gasteiger partial charge in [-0.1, -0.05) is 12.2 Å². The van der Waals surface area contributed by atoms with Gasteiger partial charge in [0.1, 0.15) is 6.07 Å². The molecule has 21 heavy (non-hydrogen) atoms. The lowest BCUT2D eigenvalue weighted by Gasteiger charge is -2.44. The summed E-state index contributed by atoms with van der Waals surface area (Å²) in [5, 5.41) is 9.17. The Morgan fingerprint density at radius 3 is 2.86 bits per heavy atom. The van der Waals surface area contributed by atoms with Crippen LogP contribution in [0.3, 0.4) is 0 Å². The lowest BCUT2D eigenvalue weighted by Crippen LogP contribution is -2.55. The minimum absolute atomic E-state index is 0.427. The van der Waals surface area contributed by atoms with Gasteiger partial charge in [0.05, 0.1) is 0 Å². The Kier molecular flexibility index (Phi) is 4.16. The molecular formula is C16H21N5. The number of anilines is 1. The molecule has 0 bridgehead atoms. The average Bonchev–Trinajstić information content (AvgIpc) is 2.55. The molecule has 0 aromatic carbocycles. The highest BCUT2D eigenvalue weighted by molar-refractivity contribution is 5.50. The Hall–Kier alpha value is -1.93. The largest absolute Gasteiger partial charge is 0.351 e. The number of nitrogens with zero attached hydrogens (tertiary/aromatic N) is 5. The summed E-state index contributed by atoms with van der Waals surface area (Å²) in [6.45, 7) is 5.08. The molecule has 1 aliphatic carbocycles. The van der Waals surface area contributed by atoms with Crippen LogP contribution in [0.1, 0.15) is 31.9 Å². The third-order valence-electron chi connectivity index (χ3n) is 4.42. The Morgan fingerprint density at radius 1 is 1.29 bits per heavy atom. The van der Waals surface area contributed by atoms with Crippen molar-refractivity contribution in [1.82, 2.24) is 14.9 Å². The van der Waals surface area contributed by atoms with Crippen molar-refractivity contribution in [2.24, 2.45) is 0 Å². The van der Waals surface area contributed by atoms with Crippen LogP contribution in [0.5, 0.6) is 0 Å². The predicted molar refractivity (Wildman–Crippen MR) is 81.9 cm³/mol. The van der Waals surface area contributed by atoms with Crippen molar-refractivity contribution in [3.8, 4) is 6.07 Å². The van der Waals surface area contributed by atoms with Crippen molar-refractivity contribution >= 4 is 5.82 Å². The third kappa shape index (κ3) is 2.91. The minimum atomic E-state index is 0.427. The van der Waals surface area contributed by atoms with E-state index in [4.69, 9.17) is 0 Å². The van der Waals surface area contributed by atoms with Crippen LogP contribution in [-0.2, 0) is 0 Å². The van der Waals surface area contributed by atoms with E-state index in [2.05, 4.69) is 44.9 Å². The Labute approximate surface area is 125 Å². The average molecular weight is 283 g/mol.